The molecule has 0 unspecified atom stereocenters. The van der Waals surface area contributed by atoms with Crippen LogP contribution < -0.4 is 5.56 Å². The predicted molar refractivity (Wildman–Crippen MR) is 103 cm³/mol. The molecule has 3 aromatic heterocycles. The van der Waals surface area contributed by atoms with Gasteiger partial charge in [0, 0.05) is 27.5 Å². The molecule has 0 bridgehead atoms. The van der Waals surface area contributed by atoms with Gasteiger partial charge >= 0.3 is 0 Å². The van der Waals surface area contributed by atoms with Crippen LogP contribution in [0.1, 0.15) is 39.5 Å². The van der Waals surface area contributed by atoms with Gasteiger partial charge in [0.2, 0.25) is 0 Å². The van der Waals surface area contributed by atoms with Crippen LogP contribution in [-0.4, -0.2) is 20.7 Å². The molecule has 0 saturated heterocycles. The van der Waals surface area contributed by atoms with E-state index in [0.29, 0.717) is 11.4 Å². The number of rotatable bonds is 3. The van der Waals surface area contributed by atoms with Gasteiger partial charge in [-0.05, 0) is 37.3 Å². The van der Waals surface area contributed by atoms with E-state index >= 15 is 0 Å². The maximum atomic E-state index is 12.8. The summed E-state index contributed by atoms with van der Waals surface area (Å²) in [5.41, 5.74) is 2.61. The molecule has 1 aliphatic rings. The normalized spacial score (nSPS) is 14.0. The third kappa shape index (κ3) is 2.41. The lowest BCUT2D eigenvalue weighted by Crippen LogP contribution is -2.15. The van der Waals surface area contributed by atoms with Gasteiger partial charge in [-0.1, -0.05) is 18.2 Å². The topological polar surface area (TPSA) is 78.6 Å². The molecule has 5 rings (SSSR count). The van der Waals surface area contributed by atoms with E-state index < -0.39 is 0 Å². The number of carbonyl (C=O) groups is 1. The molecule has 1 aromatic carbocycles. The first-order valence-corrected chi connectivity index (χ1v) is 9.65. The maximum absolute atomic E-state index is 12.8. The summed E-state index contributed by atoms with van der Waals surface area (Å²) in [5, 5.41) is 1.63. The number of hydrogen-bond acceptors (Lipinski definition) is 4. The smallest absolute Gasteiger partial charge is 0.259 e. The van der Waals surface area contributed by atoms with Crippen LogP contribution in [0, 0.1) is 0 Å². The Morgan fingerprint density at radius 3 is 2.96 bits per heavy atom. The van der Waals surface area contributed by atoms with Crippen molar-refractivity contribution in [3.05, 3.63) is 62.6 Å². The number of thiophene rings is 1. The molecule has 4 aromatic rings. The van der Waals surface area contributed by atoms with Gasteiger partial charge in [-0.25, -0.2) is 4.98 Å². The third-order valence-corrected chi connectivity index (χ3v) is 6.28. The van der Waals surface area contributed by atoms with E-state index in [1.165, 1.54) is 16.9 Å². The fourth-order valence-corrected chi connectivity index (χ4v) is 5.12. The van der Waals surface area contributed by atoms with E-state index in [4.69, 9.17) is 0 Å². The molecule has 26 heavy (non-hydrogen) atoms. The van der Waals surface area contributed by atoms with Gasteiger partial charge in [0.15, 0.2) is 5.78 Å². The van der Waals surface area contributed by atoms with Gasteiger partial charge < -0.3 is 9.97 Å². The van der Waals surface area contributed by atoms with Crippen LogP contribution in [0.5, 0.6) is 0 Å². The second-order valence-corrected chi connectivity index (χ2v) is 7.84. The van der Waals surface area contributed by atoms with Crippen molar-refractivity contribution in [3.8, 4) is 0 Å². The van der Waals surface area contributed by atoms with E-state index in [0.717, 1.165) is 40.4 Å². The Labute approximate surface area is 153 Å². The second-order valence-electron chi connectivity index (χ2n) is 6.75. The van der Waals surface area contributed by atoms with Crippen molar-refractivity contribution in [2.75, 3.05) is 0 Å². The zero-order chi connectivity index (χ0) is 17.7. The van der Waals surface area contributed by atoms with Crippen LogP contribution in [0.2, 0.25) is 0 Å². The second kappa shape index (κ2) is 5.92. The first-order valence-electron chi connectivity index (χ1n) is 8.83. The summed E-state index contributed by atoms with van der Waals surface area (Å²) in [7, 11) is 0. The number of benzene rings is 1. The molecular formula is C20H17N3O2S. The highest BCUT2D eigenvalue weighted by Crippen LogP contribution is 2.33. The van der Waals surface area contributed by atoms with Crippen molar-refractivity contribution in [2.45, 2.75) is 32.1 Å². The molecule has 1 aliphatic carbocycles. The highest BCUT2D eigenvalue weighted by atomic mass is 32.1. The van der Waals surface area contributed by atoms with Gasteiger partial charge in [0.1, 0.15) is 10.7 Å². The largest absolute Gasteiger partial charge is 0.360 e. The molecule has 0 radical (unpaired) electrons. The number of aryl methyl sites for hydroxylation is 2. The number of H-pyrrole nitrogens is 2. The lowest BCUT2D eigenvalue weighted by Gasteiger charge is -2.09. The lowest BCUT2D eigenvalue weighted by molar-refractivity contribution is 0.0992. The molecule has 3 heterocycles. The van der Waals surface area contributed by atoms with E-state index in [9.17, 15) is 9.59 Å². The van der Waals surface area contributed by atoms with Crippen LogP contribution >= 0.6 is 11.3 Å². The van der Waals surface area contributed by atoms with Crippen molar-refractivity contribution >= 4 is 38.2 Å². The average molecular weight is 363 g/mol. The molecule has 0 aliphatic heterocycles. The minimum absolute atomic E-state index is 0.0498. The van der Waals surface area contributed by atoms with Gasteiger partial charge in [-0.3, -0.25) is 9.59 Å². The number of fused-ring (bicyclic) bond motifs is 4. The number of para-hydroxylation sites is 1. The minimum atomic E-state index is -0.115. The van der Waals surface area contributed by atoms with Gasteiger partial charge in [0.25, 0.3) is 5.56 Å². The van der Waals surface area contributed by atoms with Crippen molar-refractivity contribution in [1.82, 2.24) is 15.0 Å². The Balaban J connectivity index is 1.53. The number of aromatic nitrogens is 3. The number of ketones is 1. The molecule has 0 spiro atoms. The number of hydrogen-bond donors (Lipinski definition) is 2. The SMILES string of the molecule is O=C(Cc1nc2sc3c(c2c(=O)[nH]1)CCCC3)c1c[nH]c2ccccc12. The highest BCUT2D eigenvalue weighted by molar-refractivity contribution is 7.18. The number of nitrogens with zero attached hydrogens (tertiary/aromatic N) is 1. The van der Waals surface area contributed by atoms with Crippen LogP contribution in [0.4, 0.5) is 0 Å². The molecule has 0 saturated carbocycles. The van der Waals surface area contributed by atoms with E-state index in [1.54, 1.807) is 17.5 Å². The number of Topliss-reactive ketones (excluding diaryl/α,β-unsaturated/α-hetero) is 1. The molecule has 2 N–H and O–H groups in total. The first-order chi connectivity index (χ1) is 12.7. The Bertz CT molecular complexity index is 1210. The molecule has 0 atom stereocenters. The zero-order valence-corrected chi connectivity index (χ0v) is 14.9. The van der Waals surface area contributed by atoms with Crippen molar-refractivity contribution in [3.63, 3.8) is 0 Å². The highest BCUT2D eigenvalue weighted by Gasteiger charge is 2.21. The molecule has 0 amide bonds. The molecular weight excluding hydrogens is 346 g/mol. The van der Waals surface area contributed by atoms with Gasteiger partial charge in [-0.15, -0.1) is 11.3 Å². The van der Waals surface area contributed by atoms with Crippen LogP contribution in [-0.2, 0) is 19.3 Å². The Kier molecular flexibility index (Phi) is 3.53. The number of carbonyl (C=O) groups excluding carboxylic acids is 1. The fraction of sp³-hybridized carbons (Fsp3) is 0.250. The zero-order valence-electron chi connectivity index (χ0n) is 14.1. The molecule has 5 nitrogen and oxygen atoms in total. The lowest BCUT2D eigenvalue weighted by atomic mass is 9.97. The molecule has 0 fully saturated rings. The summed E-state index contributed by atoms with van der Waals surface area (Å²) in [6.45, 7) is 0. The maximum Gasteiger partial charge on any atom is 0.259 e. The van der Waals surface area contributed by atoms with E-state index in [2.05, 4.69) is 15.0 Å². The monoisotopic (exact) mass is 363 g/mol. The van der Waals surface area contributed by atoms with Crippen LogP contribution in [0.15, 0.2) is 35.3 Å². The van der Waals surface area contributed by atoms with Gasteiger partial charge in [0.05, 0.1) is 11.8 Å². The third-order valence-electron chi connectivity index (χ3n) is 5.09. The summed E-state index contributed by atoms with van der Waals surface area (Å²) in [6, 6.07) is 7.70. The van der Waals surface area contributed by atoms with Gasteiger partial charge in [-0.2, -0.15) is 0 Å². The molecule has 6 heteroatoms. The summed E-state index contributed by atoms with van der Waals surface area (Å²) in [6.07, 6.45) is 6.10. The summed E-state index contributed by atoms with van der Waals surface area (Å²) in [5.74, 6) is 0.391. The fourth-order valence-electron chi connectivity index (χ4n) is 3.84. The average Bonchev–Trinajstić information content (AvgIpc) is 3.23. The quantitative estimate of drug-likeness (QED) is 0.544. The van der Waals surface area contributed by atoms with E-state index in [-0.39, 0.29) is 17.8 Å². The standard InChI is InChI=1S/C20H17N3O2S/c24-15(13-10-21-14-7-3-1-5-11(13)14)9-17-22-19(25)18-12-6-2-4-8-16(12)26-20(18)23-17/h1,3,5,7,10,21H,2,4,6,8-9H2,(H,22,23,25). The van der Waals surface area contributed by atoms with Crippen LogP contribution in [0.3, 0.4) is 0 Å². The summed E-state index contributed by atoms with van der Waals surface area (Å²) < 4.78 is 0. The van der Waals surface area contributed by atoms with Crippen molar-refractivity contribution < 1.29 is 4.79 Å². The number of aromatic amines is 2. The summed E-state index contributed by atoms with van der Waals surface area (Å²) >= 11 is 1.61. The minimum Gasteiger partial charge on any atom is -0.360 e. The Morgan fingerprint density at radius 1 is 1.19 bits per heavy atom. The first kappa shape index (κ1) is 15.5. The summed E-state index contributed by atoms with van der Waals surface area (Å²) in [4.78, 5) is 38.0. The number of nitrogens with one attached hydrogen (secondary N) is 2. The van der Waals surface area contributed by atoms with Crippen LogP contribution in [0.25, 0.3) is 21.1 Å². The van der Waals surface area contributed by atoms with E-state index in [1.807, 2.05) is 24.3 Å². The Morgan fingerprint density at radius 2 is 2.04 bits per heavy atom. The van der Waals surface area contributed by atoms with Crippen molar-refractivity contribution in [1.29, 1.82) is 0 Å². The predicted octanol–water partition coefficient (Wildman–Crippen LogP) is 3.77. The Hall–Kier alpha value is -2.73. The van der Waals surface area contributed by atoms with Crippen molar-refractivity contribution in [2.24, 2.45) is 0 Å². The molecule has 130 valence electrons.